The molecule has 98 valence electrons. The number of halogens is 1. The number of carbonyl (C=O) groups excluding carboxylic acids is 1. The molecule has 0 bridgehead atoms. The van der Waals surface area contributed by atoms with Crippen molar-refractivity contribution in [3.63, 3.8) is 0 Å². The molecule has 20 heavy (non-hydrogen) atoms. The minimum absolute atomic E-state index is 0.0707. The second-order valence-electron chi connectivity index (χ2n) is 4.31. The van der Waals surface area contributed by atoms with Crippen molar-refractivity contribution < 1.29 is 4.79 Å². The maximum absolute atomic E-state index is 12.6. The summed E-state index contributed by atoms with van der Waals surface area (Å²) < 4.78 is 1.68. The van der Waals surface area contributed by atoms with E-state index in [1.54, 1.807) is 41.2 Å². The van der Waals surface area contributed by atoms with Crippen LogP contribution in [0.25, 0.3) is 5.69 Å². The topological polar surface area (TPSA) is 34.9 Å². The molecule has 3 aromatic rings. The summed E-state index contributed by atoms with van der Waals surface area (Å²) in [5.74, 6) is -0.0707. The van der Waals surface area contributed by atoms with Crippen molar-refractivity contribution >= 4 is 17.4 Å². The predicted octanol–water partition coefficient (Wildman–Crippen LogP) is 3.76. The summed E-state index contributed by atoms with van der Waals surface area (Å²) in [5.41, 5.74) is 1.91. The molecule has 3 rings (SSSR count). The first-order valence-electron chi connectivity index (χ1n) is 6.15. The smallest absolute Gasteiger partial charge is 0.195 e. The Balaban J connectivity index is 2.09. The molecule has 4 heteroatoms. The summed E-state index contributed by atoms with van der Waals surface area (Å²) in [6.07, 6.45) is 3.49. The van der Waals surface area contributed by atoms with Gasteiger partial charge in [-0.15, -0.1) is 0 Å². The van der Waals surface area contributed by atoms with Gasteiger partial charge in [0.05, 0.1) is 5.69 Å². The number of carbonyl (C=O) groups is 1. The third-order valence-corrected chi connectivity index (χ3v) is 3.22. The highest BCUT2D eigenvalue weighted by Crippen LogP contribution is 2.19. The normalized spacial score (nSPS) is 10.4. The highest BCUT2D eigenvalue weighted by molar-refractivity contribution is 6.31. The molecule has 0 fully saturated rings. The fourth-order valence-electron chi connectivity index (χ4n) is 2.06. The molecule has 0 unspecified atom stereocenters. The van der Waals surface area contributed by atoms with Crippen LogP contribution in [0.5, 0.6) is 0 Å². The van der Waals surface area contributed by atoms with Gasteiger partial charge in [-0.25, -0.2) is 4.68 Å². The highest BCUT2D eigenvalue weighted by atomic mass is 35.5. The fourth-order valence-corrected chi connectivity index (χ4v) is 2.25. The van der Waals surface area contributed by atoms with Gasteiger partial charge < -0.3 is 0 Å². The number of ketones is 1. The van der Waals surface area contributed by atoms with Crippen molar-refractivity contribution in [1.29, 1.82) is 0 Å². The van der Waals surface area contributed by atoms with Gasteiger partial charge in [0.15, 0.2) is 5.78 Å². The second kappa shape index (κ2) is 5.31. The average molecular weight is 283 g/mol. The van der Waals surface area contributed by atoms with Gasteiger partial charge in [-0.2, -0.15) is 5.10 Å². The van der Waals surface area contributed by atoms with Gasteiger partial charge in [0.25, 0.3) is 0 Å². The number of nitrogens with zero attached hydrogens (tertiary/aromatic N) is 2. The van der Waals surface area contributed by atoms with E-state index in [0.717, 1.165) is 5.69 Å². The largest absolute Gasteiger partial charge is 0.289 e. The van der Waals surface area contributed by atoms with Gasteiger partial charge >= 0.3 is 0 Å². The molecule has 3 nitrogen and oxygen atoms in total. The molecular formula is C16H11ClN2O. The van der Waals surface area contributed by atoms with Crippen LogP contribution in [0.15, 0.2) is 67.0 Å². The van der Waals surface area contributed by atoms with E-state index in [2.05, 4.69) is 5.10 Å². The van der Waals surface area contributed by atoms with Gasteiger partial charge in [-0.1, -0.05) is 35.9 Å². The molecule has 0 aliphatic carbocycles. The van der Waals surface area contributed by atoms with Crippen LogP contribution in [0.4, 0.5) is 0 Å². The van der Waals surface area contributed by atoms with Crippen LogP contribution in [0.1, 0.15) is 15.9 Å². The van der Waals surface area contributed by atoms with Crippen molar-refractivity contribution in [2.24, 2.45) is 0 Å². The van der Waals surface area contributed by atoms with Crippen LogP contribution in [0.2, 0.25) is 5.02 Å². The molecule has 0 N–H and O–H groups in total. The van der Waals surface area contributed by atoms with Crippen LogP contribution in [0.3, 0.4) is 0 Å². The van der Waals surface area contributed by atoms with E-state index >= 15 is 0 Å². The molecule has 0 radical (unpaired) electrons. The second-order valence-corrected chi connectivity index (χ2v) is 4.74. The predicted molar refractivity (Wildman–Crippen MR) is 78.4 cm³/mol. The zero-order valence-corrected chi connectivity index (χ0v) is 11.3. The quantitative estimate of drug-likeness (QED) is 0.686. The van der Waals surface area contributed by atoms with Crippen LogP contribution in [-0.4, -0.2) is 15.6 Å². The first-order chi connectivity index (χ1) is 9.75. The first kappa shape index (κ1) is 12.6. The van der Waals surface area contributed by atoms with Crippen molar-refractivity contribution in [3.05, 3.63) is 83.1 Å². The Hall–Kier alpha value is -2.39. The molecule has 2 aromatic carbocycles. The first-order valence-corrected chi connectivity index (χ1v) is 6.53. The Bertz CT molecular complexity index is 751. The maximum Gasteiger partial charge on any atom is 0.195 e. The van der Waals surface area contributed by atoms with Crippen molar-refractivity contribution in [2.75, 3.05) is 0 Å². The molecule has 0 saturated heterocycles. The third-order valence-electron chi connectivity index (χ3n) is 2.99. The molecule has 1 aromatic heterocycles. The zero-order chi connectivity index (χ0) is 13.9. The van der Waals surface area contributed by atoms with E-state index in [9.17, 15) is 4.79 Å². The van der Waals surface area contributed by atoms with Gasteiger partial charge in [0.1, 0.15) is 0 Å². The van der Waals surface area contributed by atoms with E-state index < -0.39 is 0 Å². The number of hydrogen-bond acceptors (Lipinski definition) is 2. The van der Waals surface area contributed by atoms with Gasteiger partial charge in [-0.05, 0) is 30.3 Å². The lowest BCUT2D eigenvalue weighted by Crippen LogP contribution is -2.07. The van der Waals surface area contributed by atoms with E-state index in [4.69, 9.17) is 11.6 Å². The maximum atomic E-state index is 12.6. The third kappa shape index (κ3) is 2.36. The number of benzene rings is 2. The lowest BCUT2D eigenvalue weighted by molar-refractivity contribution is 0.103. The van der Waals surface area contributed by atoms with E-state index in [-0.39, 0.29) is 5.78 Å². The number of aromatic nitrogens is 2. The number of hydrogen-bond donors (Lipinski definition) is 0. The van der Waals surface area contributed by atoms with Crippen molar-refractivity contribution in [2.45, 2.75) is 0 Å². The summed E-state index contributed by atoms with van der Waals surface area (Å²) in [7, 11) is 0. The summed E-state index contributed by atoms with van der Waals surface area (Å²) in [4.78, 5) is 12.6. The van der Waals surface area contributed by atoms with E-state index in [0.29, 0.717) is 16.1 Å². The molecule has 0 aliphatic rings. The van der Waals surface area contributed by atoms with Gasteiger partial charge in [-0.3, -0.25) is 4.79 Å². The van der Waals surface area contributed by atoms with Crippen LogP contribution >= 0.6 is 11.6 Å². The Labute approximate surface area is 121 Å². The van der Waals surface area contributed by atoms with Crippen LogP contribution < -0.4 is 0 Å². The Morgan fingerprint density at radius 1 is 1.05 bits per heavy atom. The Morgan fingerprint density at radius 3 is 2.65 bits per heavy atom. The SMILES string of the molecule is O=C(c1cccc(Cl)c1)c1ccccc1-n1cccn1. The lowest BCUT2D eigenvalue weighted by atomic mass is 10.0. The summed E-state index contributed by atoms with van der Waals surface area (Å²) in [6, 6.07) is 16.1. The van der Waals surface area contributed by atoms with Crippen molar-refractivity contribution in [1.82, 2.24) is 9.78 Å². The molecule has 1 heterocycles. The van der Waals surface area contributed by atoms with Crippen molar-refractivity contribution in [3.8, 4) is 5.69 Å². The number of para-hydroxylation sites is 1. The zero-order valence-electron chi connectivity index (χ0n) is 10.5. The van der Waals surface area contributed by atoms with E-state index in [1.165, 1.54) is 0 Å². The van der Waals surface area contributed by atoms with Gasteiger partial charge in [0, 0.05) is 28.5 Å². The van der Waals surface area contributed by atoms with Crippen LogP contribution in [0, 0.1) is 0 Å². The molecule has 0 aliphatic heterocycles. The monoisotopic (exact) mass is 282 g/mol. The Morgan fingerprint density at radius 2 is 1.90 bits per heavy atom. The van der Waals surface area contributed by atoms with Gasteiger partial charge in [0.2, 0.25) is 0 Å². The van der Waals surface area contributed by atoms with Crippen LogP contribution in [-0.2, 0) is 0 Å². The minimum Gasteiger partial charge on any atom is -0.289 e. The molecule has 0 atom stereocenters. The fraction of sp³-hybridized carbons (Fsp3) is 0. The summed E-state index contributed by atoms with van der Waals surface area (Å²) in [5, 5.41) is 4.73. The average Bonchev–Trinajstić information content (AvgIpc) is 3.00. The minimum atomic E-state index is -0.0707. The molecular weight excluding hydrogens is 272 g/mol. The molecule has 0 amide bonds. The van der Waals surface area contributed by atoms with E-state index in [1.807, 2.05) is 30.5 Å². The molecule has 0 spiro atoms. The number of rotatable bonds is 3. The highest BCUT2D eigenvalue weighted by Gasteiger charge is 2.14. The summed E-state index contributed by atoms with van der Waals surface area (Å²) >= 11 is 5.95. The Kier molecular flexibility index (Phi) is 3.35. The lowest BCUT2D eigenvalue weighted by Gasteiger charge is -2.08. The standard InChI is InChI=1S/C16H11ClN2O/c17-13-6-3-5-12(11-13)16(20)14-7-1-2-8-15(14)19-10-4-9-18-19/h1-11H. The molecule has 0 saturated carbocycles. The summed E-state index contributed by atoms with van der Waals surface area (Å²) in [6.45, 7) is 0.